The van der Waals surface area contributed by atoms with Crippen LogP contribution in [0.3, 0.4) is 0 Å². The average Bonchev–Trinajstić information content (AvgIpc) is 2.12. The standard InChI is InChI=1S/C11H21N3OSi/c1-11(2,3)9(15-16(4)5)8-6-7-13-10(12)14-8/h6-7,9,16H,1-5H3,(H2,12,13,14). The monoisotopic (exact) mass is 239 g/mol. The zero-order valence-electron chi connectivity index (χ0n) is 10.7. The van der Waals surface area contributed by atoms with Gasteiger partial charge in [-0.15, -0.1) is 0 Å². The molecule has 0 fully saturated rings. The van der Waals surface area contributed by atoms with Crippen LogP contribution in [0.1, 0.15) is 32.6 Å². The fraction of sp³-hybridized carbons (Fsp3) is 0.636. The molecule has 0 amide bonds. The van der Waals surface area contributed by atoms with E-state index >= 15 is 0 Å². The quantitative estimate of drug-likeness (QED) is 0.821. The molecule has 0 aromatic carbocycles. The van der Waals surface area contributed by atoms with Gasteiger partial charge in [0.1, 0.15) is 0 Å². The van der Waals surface area contributed by atoms with E-state index in [2.05, 4.69) is 43.8 Å². The lowest BCUT2D eigenvalue weighted by atomic mass is 9.87. The first-order valence-corrected chi connectivity index (χ1v) is 8.32. The van der Waals surface area contributed by atoms with E-state index in [0.717, 1.165) is 5.69 Å². The summed E-state index contributed by atoms with van der Waals surface area (Å²) in [6.45, 7) is 10.7. The molecule has 1 aromatic heterocycles. The summed E-state index contributed by atoms with van der Waals surface area (Å²) in [6, 6.07) is 1.88. The molecule has 0 radical (unpaired) electrons. The van der Waals surface area contributed by atoms with Crippen molar-refractivity contribution in [2.24, 2.45) is 5.41 Å². The van der Waals surface area contributed by atoms with E-state index in [1.807, 2.05) is 6.07 Å². The minimum atomic E-state index is -1.11. The smallest absolute Gasteiger partial charge is 0.220 e. The van der Waals surface area contributed by atoms with Gasteiger partial charge in [0.15, 0.2) is 9.04 Å². The van der Waals surface area contributed by atoms with Crippen molar-refractivity contribution in [2.45, 2.75) is 40.0 Å². The van der Waals surface area contributed by atoms with E-state index in [4.69, 9.17) is 10.2 Å². The zero-order valence-corrected chi connectivity index (χ0v) is 11.8. The molecule has 0 spiro atoms. The molecule has 1 aromatic rings. The molecule has 1 rings (SSSR count). The van der Waals surface area contributed by atoms with Crippen molar-refractivity contribution in [3.05, 3.63) is 18.0 Å². The van der Waals surface area contributed by atoms with E-state index < -0.39 is 9.04 Å². The van der Waals surface area contributed by atoms with Gasteiger partial charge in [-0.2, -0.15) is 0 Å². The highest BCUT2D eigenvalue weighted by atomic mass is 28.3. The first-order chi connectivity index (χ1) is 7.30. The van der Waals surface area contributed by atoms with Crippen LogP contribution in [0, 0.1) is 5.41 Å². The highest BCUT2D eigenvalue weighted by Crippen LogP contribution is 2.35. The van der Waals surface area contributed by atoms with Gasteiger partial charge in [0.2, 0.25) is 5.95 Å². The molecule has 1 unspecified atom stereocenters. The lowest BCUT2D eigenvalue weighted by molar-refractivity contribution is 0.0827. The molecule has 2 N–H and O–H groups in total. The summed E-state index contributed by atoms with van der Waals surface area (Å²) in [5.41, 5.74) is 6.49. The summed E-state index contributed by atoms with van der Waals surface area (Å²) in [7, 11) is -1.11. The Kier molecular flexibility index (Phi) is 4.04. The minimum absolute atomic E-state index is 0.00975. The Morgan fingerprint density at radius 1 is 1.38 bits per heavy atom. The minimum Gasteiger partial charge on any atom is -0.412 e. The Balaban J connectivity index is 3.01. The van der Waals surface area contributed by atoms with Gasteiger partial charge in [-0.25, -0.2) is 9.97 Å². The van der Waals surface area contributed by atoms with Gasteiger partial charge in [-0.05, 0) is 24.6 Å². The van der Waals surface area contributed by atoms with Crippen LogP contribution in [0.5, 0.6) is 0 Å². The molecule has 0 aliphatic heterocycles. The van der Waals surface area contributed by atoms with Gasteiger partial charge in [0, 0.05) is 6.20 Å². The van der Waals surface area contributed by atoms with Crippen LogP contribution in [0.15, 0.2) is 12.3 Å². The van der Waals surface area contributed by atoms with Crippen molar-refractivity contribution in [1.29, 1.82) is 0 Å². The molecule has 5 heteroatoms. The van der Waals surface area contributed by atoms with Crippen LogP contribution in [-0.2, 0) is 4.43 Å². The Hall–Kier alpha value is -0.943. The lowest BCUT2D eigenvalue weighted by Crippen LogP contribution is -2.27. The first kappa shape index (κ1) is 13.1. The van der Waals surface area contributed by atoms with Crippen molar-refractivity contribution >= 4 is 15.0 Å². The molecule has 0 aliphatic carbocycles. The number of hydrogen-bond donors (Lipinski definition) is 1. The van der Waals surface area contributed by atoms with Gasteiger partial charge in [0.05, 0.1) is 11.8 Å². The number of hydrogen-bond acceptors (Lipinski definition) is 4. The molecular weight excluding hydrogens is 218 g/mol. The molecule has 0 saturated heterocycles. The highest BCUT2D eigenvalue weighted by molar-refractivity contribution is 6.48. The third kappa shape index (κ3) is 3.57. The molecule has 1 heterocycles. The van der Waals surface area contributed by atoms with Crippen molar-refractivity contribution in [3.8, 4) is 0 Å². The normalized spacial score (nSPS) is 14.1. The number of rotatable bonds is 3. The number of nitrogen functional groups attached to an aromatic ring is 1. The Bertz CT molecular complexity index is 349. The summed E-state index contributed by atoms with van der Waals surface area (Å²) in [4.78, 5) is 8.16. The molecule has 0 saturated carbocycles. The molecule has 4 nitrogen and oxygen atoms in total. The van der Waals surface area contributed by atoms with Crippen molar-refractivity contribution in [2.75, 3.05) is 5.73 Å². The summed E-state index contributed by atoms with van der Waals surface area (Å²) in [6.07, 6.45) is 1.67. The first-order valence-electron chi connectivity index (χ1n) is 5.54. The average molecular weight is 239 g/mol. The highest BCUT2D eigenvalue weighted by Gasteiger charge is 2.29. The summed E-state index contributed by atoms with van der Waals surface area (Å²) < 4.78 is 6.05. The van der Waals surface area contributed by atoms with Crippen LogP contribution in [-0.4, -0.2) is 19.0 Å². The van der Waals surface area contributed by atoms with E-state index in [1.165, 1.54) is 0 Å². The van der Waals surface area contributed by atoms with Gasteiger partial charge < -0.3 is 10.2 Å². The lowest BCUT2D eigenvalue weighted by Gasteiger charge is -2.32. The second kappa shape index (κ2) is 4.93. The fourth-order valence-electron chi connectivity index (χ4n) is 1.52. The molecule has 0 aliphatic rings. The van der Waals surface area contributed by atoms with Crippen molar-refractivity contribution in [1.82, 2.24) is 9.97 Å². The van der Waals surface area contributed by atoms with E-state index in [0.29, 0.717) is 5.95 Å². The summed E-state index contributed by atoms with van der Waals surface area (Å²) in [5.74, 6) is 0.306. The molecule has 16 heavy (non-hydrogen) atoms. The van der Waals surface area contributed by atoms with Crippen LogP contribution in [0.4, 0.5) is 5.95 Å². The SMILES string of the molecule is C[SiH](C)OC(c1ccnc(N)n1)C(C)(C)C. The Morgan fingerprint density at radius 3 is 2.44 bits per heavy atom. The third-order valence-electron chi connectivity index (χ3n) is 2.16. The summed E-state index contributed by atoms with van der Waals surface area (Å²) in [5, 5.41) is 0. The number of nitrogens with zero attached hydrogens (tertiary/aromatic N) is 2. The second-order valence-corrected chi connectivity index (χ2v) is 7.64. The molecule has 1 atom stereocenters. The van der Waals surface area contributed by atoms with E-state index in [-0.39, 0.29) is 11.5 Å². The van der Waals surface area contributed by atoms with E-state index in [9.17, 15) is 0 Å². The zero-order chi connectivity index (χ0) is 12.3. The third-order valence-corrected chi connectivity index (χ3v) is 2.98. The van der Waals surface area contributed by atoms with Gasteiger partial charge >= 0.3 is 0 Å². The molecule has 0 bridgehead atoms. The van der Waals surface area contributed by atoms with Crippen molar-refractivity contribution < 1.29 is 4.43 Å². The number of aromatic nitrogens is 2. The Labute approximate surface area is 99.0 Å². The topological polar surface area (TPSA) is 61.0 Å². The van der Waals surface area contributed by atoms with Crippen molar-refractivity contribution in [3.63, 3.8) is 0 Å². The van der Waals surface area contributed by atoms with Crippen LogP contribution in [0.2, 0.25) is 13.1 Å². The van der Waals surface area contributed by atoms with E-state index in [1.54, 1.807) is 6.20 Å². The van der Waals surface area contributed by atoms with Crippen LogP contribution in [0.25, 0.3) is 0 Å². The van der Waals surface area contributed by atoms with Gasteiger partial charge in [-0.1, -0.05) is 20.8 Å². The van der Waals surface area contributed by atoms with Gasteiger partial charge in [-0.3, -0.25) is 0 Å². The predicted molar refractivity (Wildman–Crippen MR) is 68.6 cm³/mol. The van der Waals surface area contributed by atoms with Crippen LogP contribution >= 0.6 is 0 Å². The molecular formula is C11H21N3OSi. The number of anilines is 1. The Morgan fingerprint density at radius 2 is 2.00 bits per heavy atom. The van der Waals surface area contributed by atoms with Crippen LogP contribution < -0.4 is 5.73 Å². The maximum Gasteiger partial charge on any atom is 0.220 e. The van der Waals surface area contributed by atoms with Gasteiger partial charge in [0.25, 0.3) is 0 Å². The fourth-order valence-corrected chi connectivity index (χ4v) is 2.62. The largest absolute Gasteiger partial charge is 0.412 e. The second-order valence-electron chi connectivity index (χ2n) is 5.27. The maximum atomic E-state index is 6.05. The predicted octanol–water partition coefficient (Wildman–Crippen LogP) is 2.15. The summed E-state index contributed by atoms with van der Waals surface area (Å²) >= 11 is 0. The number of nitrogens with two attached hydrogens (primary N) is 1. The maximum absolute atomic E-state index is 6.05. The molecule has 90 valence electrons.